The Kier molecular flexibility index (Phi) is 5.52. The van der Waals surface area contributed by atoms with E-state index in [1.54, 1.807) is 18.2 Å². The topological polar surface area (TPSA) is 134 Å². The van der Waals surface area contributed by atoms with Crippen molar-refractivity contribution >= 4 is 46.0 Å². The van der Waals surface area contributed by atoms with E-state index in [1.807, 2.05) is 0 Å². The third kappa shape index (κ3) is 4.52. The number of hydrogen-bond acceptors (Lipinski definition) is 9. The normalized spacial score (nSPS) is 10.4. The van der Waals surface area contributed by atoms with Crippen LogP contribution in [-0.2, 0) is 14.3 Å². The molecule has 11 heteroatoms. The van der Waals surface area contributed by atoms with Gasteiger partial charge in [0.2, 0.25) is 0 Å². The van der Waals surface area contributed by atoms with E-state index in [4.69, 9.17) is 9.47 Å². The SMILES string of the molecule is O=C(COC(=O)COc1ccccc1[N+](=O)[O-])Nc1cccc2nsnc12. The van der Waals surface area contributed by atoms with Gasteiger partial charge in [0.1, 0.15) is 11.0 Å². The van der Waals surface area contributed by atoms with Gasteiger partial charge in [0, 0.05) is 6.07 Å². The summed E-state index contributed by atoms with van der Waals surface area (Å²) in [5.74, 6) is -1.46. The second kappa shape index (κ2) is 8.19. The van der Waals surface area contributed by atoms with Gasteiger partial charge < -0.3 is 14.8 Å². The van der Waals surface area contributed by atoms with Crippen LogP contribution in [0.15, 0.2) is 42.5 Å². The molecule has 1 heterocycles. The van der Waals surface area contributed by atoms with E-state index in [2.05, 4.69) is 14.1 Å². The Labute approximate surface area is 156 Å². The van der Waals surface area contributed by atoms with Gasteiger partial charge in [-0.1, -0.05) is 18.2 Å². The molecule has 0 unspecified atom stereocenters. The molecule has 0 bridgehead atoms. The molecule has 0 saturated heterocycles. The first-order valence-electron chi connectivity index (χ1n) is 7.57. The summed E-state index contributed by atoms with van der Waals surface area (Å²) >= 11 is 1.02. The number of nitro benzene ring substituents is 1. The van der Waals surface area contributed by atoms with Crippen molar-refractivity contribution in [1.29, 1.82) is 0 Å². The molecule has 0 aliphatic heterocycles. The molecular formula is C16H12N4O6S. The van der Waals surface area contributed by atoms with Crippen LogP contribution in [0.2, 0.25) is 0 Å². The van der Waals surface area contributed by atoms with E-state index in [1.165, 1.54) is 24.3 Å². The van der Waals surface area contributed by atoms with Gasteiger partial charge in [0.25, 0.3) is 5.91 Å². The number of anilines is 1. The lowest BCUT2D eigenvalue weighted by Gasteiger charge is -2.08. The summed E-state index contributed by atoms with van der Waals surface area (Å²) in [6.07, 6.45) is 0. The zero-order chi connectivity index (χ0) is 19.2. The molecule has 0 aliphatic carbocycles. The zero-order valence-corrected chi connectivity index (χ0v) is 14.5. The summed E-state index contributed by atoms with van der Waals surface area (Å²) in [5, 5.41) is 13.5. The summed E-state index contributed by atoms with van der Waals surface area (Å²) in [4.78, 5) is 33.9. The van der Waals surface area contributed by atoms with Crippen LogP contribution in [0.25, 0.3) is 11.0 Å². The van der Waals surface area contributed by atoms with E-state index < -0.39 is 30.0 Å². The minimum absolute atomic E-state index is 0.0633. The largest absolute Gasteiger partial charge is 0.475 e. The number of nitrogens with zero attached hydrogens (tertiary/aromatic N) is 3. The quantitative estimate of drug-likeness (QED) is 0.370. The summed E-state index contributed by atoms with van der Waals surface area (Å²) in [6.45, 7) is -1.10. The molecule has 10 nitrogen and oxygen atoms in total. The minimum atomic E-state index is -0.836. The first-order valence-corrected chi connectivity index (χ1v) is 8.30. The Morgan fingerprint density at radius 3 is 2.74 bits per heavy atom. The molecule has 0 atom stereocenters. The lowest BCUT2D eigenvalue weighted by molar-refractivity contribution is -0.385. The van der Waals surface area contributed by atoms with Gasteiger partial charge in [0.15, 0.2) is 19.0 Å². The number of nitro groups is 1. The number of amides is 1. The molecule has 0 saturated carbocycles. The van der Waals surface area contributed by atoms with Crippen LogP contribution >= 0.6 is 11.7 Å². The Morgan fingerprint density at radius 1 is 1.11 bits per heavy atom. The summed E-state index contributed by atoms with van der Waals surface area (Å²) in [5.41, 5.74) is 1.38. The molecule has 138 valence electrons. The standard InChI is InChI=1S/C16H12N4O6S/c21-14(17-10-4-3-5-11-16(10)19-27-18-11)8-26-15(22)9-25-13-7-2-1-6-12(13)20(23)24/h1-7H,8-9H2,(H,17,21). The van der Waals surface area contributed by atoms with Gasteiger partial charge in [-0.3, -0.25) is 14.9 Å². The van der Waals surface area contributed by atoms with Crippen LogP contribution in [0, 0.1) is 10.1 Å². The second-order valence-electron chi connectivity index (χ2n) is 5.16. The molecule has 27 heavy (non-hydrogen) atoms. The number of aromatic nitrogens is 2. The number of benzene rings is 2. The molecule has 1 N–H and O–H groups in total. The van der Waals surface area contributed by atoms with Crippen LogP contribution in [-0.4, -0.2) is 38.8 Å². The van der Waals surface area contributed by atoms with Gasteiger partial charge in [-0.15, -0.1) is 0 Å². The number of rotatable bonds is 7. The molecule has 0 spiro atoms. The van der Waals surface area contributed by atoms with Crippen molar-refractivity contribution in [1.82, 2.24) is 8.75 Å². The zero-order valence-electron chi connectivity index (χ0n) is 13.7. The monoisotopic (exact) mass is 388 g/mol. The highest BCUT2D eigenvalue weighted by atomic mass is 32.1. The summed E-state index contributed by atoms with van der Waals surface area (Å²) in [7, 11) is 0. The third-order valence-corrected chi connectivity index (χ3v) is 3.87. The fourth-order valence-electron chi connectivity index (χ4n) is 2.15. The Bertz CT molecular complexity index is 1010. The van der Waals surface area contributed by atoms with Crippen molar-refractivity contribution < 1.29 is 24.0 Å². The van der Waals surface area contributed by atoms with Crippen molar-refractivity contribution in [2.75, 3.05) is 18.5 Å². The first-order chi connectivity index (χ1) is 13.0. The van der Waals surface area contributed by atoms with E-state index in [0.717, 1.165) is 11.7 Å². The summed E-state index contributed by atoms with van der Waals surface area (Å²) in [6, 6.07) is 10.8. The number of para-hydroxylation sites is 2. The maximum Gasteiger partial charge on any atom is 0.344 e. The average molecular weight is 388 g/mol. The van der Waals surface area contributed by atoms with Gasteiger partial charge in [-0.2, -0.15) is 8.75 Å². The average Bonchev–Trinajstić information content (AvgIpc) is 3.15. The van der Waals surface area contributed by atoms with Crippen LogP contribution in [0.1, 0.15) is 0 Å². The Hall–Kier alpha value is -3.60. The number of esters is 1. The highest BCUT2D eigenvalue weighted by molar-refractivity contribution is 7.00. The molecule has 2 aromatic carbocycles. The maximum absolute atomic E-state index is 11.9. The van der Waals surface area contributed by atoms with E-state index in [9.17, 15) is 19.7 Å². The molecule has 1 amide bonds. The maximum atomic E-state index is 11.9. The van der Waals surface area contributed by atoms with Gasteiger partial charge in [-0.25, -0.2) is 4.79 Å². The van der Waals surface area contributed by atoms with E-state index in [-0.39, 0.29) is 11.4 Å². The number of fused-ring (bicyclic) bond motifs is 1. The Morgan fingerprint density at radius 2 is 1.93 bits per heavy atom. The fourth-order valence-corrected chi connectivity index (χ4v) is 2.70. The number of carbonyl (C=O) groups is 2. The number of carbonyl (C=O) groups excluding carboxylic acids is 2. The van der Waals surface area contributed by atoms with E-state index >= 15 is 0 Å². The fraction of sp³-hybridized carbons (Fsp3) is 0.125. The predicted octanol–water partition coefficient (Wildman–Crippen LogP) is 2.16. The number of ether oxygens (including phenoxy) is 2. The lowest BCUT2D eigenvalue weighted by atomic mass is 10.2. The molecule has 1 aromatic heterocycles. The van der Waals surface area contributed by atoms with Crippen molar-refractivity contribution in [2.45, 2.75) is 0 Å². The third-order valence-electron chi connectivity index (χ3n) is 3.33. The molecule has 3 rings (SSSR count). The van der Waals surface area contributed by atoms with Crippen molar-refractivity contribution in [3.05, 3.63) is 52.6 Å². The minimum Gasteiger partial charge on any atom is -0.475 e. The van der Waals surface area contributed by atoms with Crippen LogP contribution in [0.4, 0.5) is 11.4 Å². The van der Waals surface area contributed by atoms with Gasteiger partial charge in [-0.05, 0) is 18.2 Å². The van der Waals surface area contributed by atoms with Gasteiger partial charge in [0.05, 0.1) is 22.3 Å². The molecular weight excluding hydrogens is 376 g/mol. The van der Waals surface area contributed by atoms with Crippen LogP contribution in [0.5, 0.6) is 5.75 Å². The van der Waals surface area contributed by atoms with Crippen molar-refractivity contribution in [2.24, 2.45) is 0 Å². The second-order valence-corrected chi connectivity index (χ2v) is 5.69. The highest BCUT2D eigenvalue weighted by Crippen LogP contribution is 2.25. The smallest absolute Gasteiger partial charge is 0.344 e. The molecule has 3 aromatic rings. The molecule has 0 fully saturated rings. The number of hydrogen-bond donors (Lipinski definition) is 1. The highest BCUT2D eigenvalue weighted by Gasteiger charge is 2.16. The molecule has 0 aliphatic rings. The first kappa shape index (κ1) is 18.2. The number of nitrogens with one attached hydrogen (secondary N) is 1. The lowest BCUT2D eigenvalue weighted by Crippen LogP contribution is -2.23. The Balaban J connectivity index is 1.50. The van der Waals surface area contributed by atoms with Crippen molar-refractivity contribution in [3.63, 3.8) is 0 Å². The van der Waals surface area contributed by atoms with Gasteiger partial charge >= 0.3 is 11.7 Å². The van der Waals surface area contributed by atoms with E-state index in [0.29, 0.717) is 16.7 Å². The predicted molar refractivity (Wildman–Crippen MR) is 95.6 cm³/mol. The summed E-state index contributed by atoms with van der Waals surface area (Å²) < 4.78 is 18.1. The molecule has 0 radical (unpaired) electrons. The van der Waals surface area contributed by atoms with Crippen LogP contribution in [0.3, 0.4) is 0 Å². The van der Waals surface area contributed by atoms with Crippen molar-refractivity contribution in [3.8, 4) is 5.75 Å². The van der Waals surface area contributed by atoms with Crippen LogP contribution < -0.4 is 10.1 Å².